The number of hydrogen-bond acceptors (Lipinski definition) is 3. The van der Waals surface area contributed by atoms with E-state index in [1.807, 2.05) is 6.07 Å². The number of ether oxygens (including phenoxy) is 1. The number of nitrogens with one attached hydrogen (secondary N) is 1. The minimum absolute atomic E-state index is 0. The van der Waals surface area contributed by atoms with E-state index in [1.165, 1.54) is 6.42 Å². The SMILES string of the molecule is COc1ncccc1CN[C@@H]1[C@H]2Cc3ccccc3[C@H]21.Cl. The van der Waals surface area contributed by atoms with E-state index < -0.39 is 0 Å². The Kier molecular flexibility index (Phi) is 3.87. The summed E-state index contributed by atoms with van der Waals surface area (Å²) < 4.78 is 5.30. The zero-order valence-corrected chi connectivity index (χ0v) is 12.8. The molecule has 1 fully saturated rings. The van der Waals surface area contributed by atoms with Gasteiger partial charge < -0.3 is 10.1 Å². The number of pyridine rings is 1. The van der Waals surface area contributed by atoms with Gasteiger partial charge in [-0.05, 0) is 29.5 Å². The van der Waals surface area contributed by atoms with Crippen molar-refractivity contribution in [2.24, 2.45) is 5.92 Å². The zero-order valence-electron chi connectivity index (χ0n) is 12.0. The van der Waals surface area contributed by atoms with E-state index >= 15 is 0 Å². The first-order valence-corrected chi connectivity index (χ1v) is 7.17. The first-order valence-electron chi connectivity index (χ1n) is 7.17. The van der Waals surface area contributed by atoms with E-state index in [-0.39, 0.29) is 12.4 Å². The Hall–Kier alpha value is -1.58. The maximum atomic E-state index is 5.30. The van der Waals surface area contributed by atoms with E-state index in [1.54, 1.807) is 24.4 Å². The number of rotatable bonds is 4. The van der Waals surface area contributed by atoms with Crippen LogP contribution in [0.15, 0.2) is 42.6 Å². The van der Waals surface area contributed by atoms with Crippen LogP contribution in [0.3, 0.4) is 0 Å². The monoisotopic (exact) mass is 302 g/mol. The molecule has 2 aliphatic carbocycles. The maximum Gasteiger partial charge on any atom is 0.217 e. The lowest BCUT2D eigenvalue weighted by Gasteiger charge is -2.11. The van der Waals surface area contributed by atoms with Gasteiger partial charge in [-0.2, -0.15) is 0 Å². The summed E-state index contributed by atoms with van der Waals surface area (Å²) in [5.74, 6) is 2.23. The summed E-state index contributed by atoms with van der Waals surface area (Å²) >= 11 is 0. The predicted octanol–water partition coefficient (Wildman–Crippen LogP) is 2.94. The van der Waals surface area contributed by atoms with Gasteiger partial charge in [0.15, 0.2) is 0 Å². The first kappa shape index (κ1) is 14.4. The van der Waals surface area contributed by atoms with Gasteiger partial charge in [0.05, 0.1) is 7.11 Å². The molecule has 2 aromatic rings. The Bertz CT molecular complexity index is 646. The Morgan fingerprint density at radius 1 is 1.24 bits per heavy atom. The van der Waals surface area contributed by atoms with E-state index in [9.17, 15) is 0 Å². The molecule has 0 aliphatic heterocycles. The van der Waals surface area contributed by atoms with Crippen molar-refractivity contribution in [3.05, 3.63) is 59.3 Å². The molecule has 0 radical (unpaired) electrons. The fourth-order valence-corrected chi connectivity index (χ4v) is 3.60. The van der Waals surface area contributed by atoms with Crippen molar-refractivity contribution < 1.29 is 4.74 Å². The molecule has 1 saturated carbocycles. The van der Waals surface area contributed by atoms with Crippen LogP contribution in [0.1, 0.15) is 22.6 Å². The first-order chi connectivity index (χ1) is 9.88. The molecule has 0 amide bonds. The van der Waals surface area contributed by atoms with Crippen molar-refractivity contribution in [1.29, 1.82) is 0 Å². The number of benzene rings is 1. The van der Waals surface area contributed by atoms with Crippen molar-refractivity contribution in [3.8, 4) is 5.88 Å². The van der Waals surface area contributed by atoms with Gasteiger partial charge >= 0.3 is 0 Å². The summed E-state index contributed by atoms with van der Waals surface area (Å²) in [4.78, 5) is 4.24. The molecule has 0 unspecified atom stereocenters. The van der Waals surface area contributed by atoms with Gasteiger partial charge in [-0.3, -0.25) is 0 Å². The summed E-state index contributed by atoms with van der Waals surface area (Å²) in [6.45, 7) is 0.830. The second kappa shape index (κ2) is 5.66. The minimum Gasteiger partial charge on any atom is -0.481 e. The molecule has 4 rings (SSSR count). The molecule has 0 saturated heterocycles. The molecule has 3 nitrogen and oxygen atoms in total. The summed E-state index contributed by atoms with van der Waals surface area (Å²) in [5.41, 5.74) is 4.22. The topological polar surface area (TPSA) is 34.1 Å². The van der Waals surface area contributed by atoms with Gasteiger partial charge in [-0.1, -0.05) is 30.3 Å². The molecule has 3 atom stereocenters. The third-order valence-corrected chi connectivity index (χ3v) is 4.61. The number of hydrogen-bond donors (Lipinski definition) is 1. The average molecular weight is 303 g/mol. The molecule has 2 aliphatic rings. The molecule has 21 heavy (non-hydrogen) atoms. The van der Waals surface area contributed by atoms with Crippen LogP contribution < -0.4 is 10.1 Å². The molecular formula is C17H19ClN2O. The third-order valence-electron chi connectivity index (χ3n) is 4.61. The molecule has 1 aromatic carbocycles. The van der Waals surface area contributed by atoms with Crippen LogP contribution in [0.4, 0.5) is 0 Å². The van der Waals surface area contributed by atoms with Crippen LogP contribution in [0.5, 0.6) is 5.88 Å². The molecule has 0 bridgehead atoms. The summed E-state index contributed by atoms with van der Waals surface area (Å²) in [5, 5.41) is 3.67. The number of halogens is 1. The van der Waals surface area contributed by atoms with Crippen molar-refractivity contribution in [2.45, 2.75) is 24.9 Å². The number of methoxy groups -OCH3 is 1. The van der Waals surface area contributed by atoms with Crippen LogP contribution in [-0.4, -0.2) is 18.1 Å². The lowest BCUT2D eigenvalue weighted by atomic mass is 10.1. The average Bonchev–Trinajstić information content (AvgIpc) is 3.04. The second-order valence-electron chi connectivity index (χ2n) is 5.67. The molecule has 0 spiro atoms. The highest BCUT2D eigenvalue weighted by atomic mass is 35.5. The summed E-state index contributed by atoms with van der Waals surface area (Å²) in [6.07, 6.45) is 2.99. The van der Waals surface area contributed by atoms with Gasteiger partial charge in [0, 0.05) is 30.3 Å². The maximum absolute atomic E-state index is 5.30. The van der Waals surface area contributed by atoms with Gasteiger partial charge in [0.2, 0.25) is 5.88 Å². The number of fused-ring (bicyclic) bond motifs is 3. The van der Waals surface area contributed by atoms with Gasteiger partial charge in [-0.25, -0.2) is 4.98 Å². The second-order valence-corrected chi connectivity index (χ2v) is 5.67. The van der Waals surface area contributed by atoms with E-state index in [0.717, 1.165) is 23.9 Å². The molecule has 1 heterocycles. The highest BCUT2D eigenvalue weighted by Gasteiger charge is 2.55. The summed E-state index contributed by atoms with van der Waals surface area (Å²) in [7, 11) is 1.67. The molecular weight excluding hydrogens is 284 g/mol. The van der Waals surface area contributed by atoms with Crippen LogP contribution in [0.2, 0.25) is 0 Å². The molecule has 110 valence electrons. The smallest absolute Gasteiger partial charge is 0.217 e. The lowest BCUT2D eigenvalue weighted by molar-refractivity contribution is 0.390. The van der Waals surface area contributed by atoms with Crippen molar-refractivity contribution in [1.82, 2.24) is 10.3 Å². The highest BCUT2D eigenvalue weighted by molar-refractivity contribution is 5.85. The molecule has 4 heteroatoms. The van der Waals surface area contributed by atoms with Crippen molar-refractivity contribution >= 4 is 12.4 Å². The van der Waals surface area contributed by atoms with Crippen LogP contribution >= 0.6 is 12.4 Å². The Balaban J connectivity index is 0.00000132. The van der Waals surface area contributed by atoms with E-state index in [4.69, 9.17) is 4.74 Å². The summed E-state index contributed by atoms with van der Waals surface area (Å²) in [6, 6.07) is 13.5. The molecule has 1 aromatic heterocycles. The fraction of sp³-hybridized carbons (Fsp3) is 0.353. The largest absolute Gasteiger partial charge is 0.481 e. The van der Waals surface area contributed by atoms with E-state index in [2.05, 4.69) is 40.6 Å². The Morgan fingerprint density at radius 2 is 2.10 bits per heavy atom. The zero-order chi connectivity index (χ0) is 13.5. The standard InChI is InChI=1S/C17H18N2O.ClH/c1-20-17-12(6-4-8-18-17)10-19-16-14-9-11-5-2-3-7-13(11)15(14)16;/h2-8,14-16,19H,9-10H2,1H3;1H/t14-,15+,16+;/m0./s1. The highest BCUT2D eigenvalue weighted by Crippen LogP contribution is 2.56. The lowest BCUT2D eigenvalue weighted by Crippen LogP contribution is -2.21. The Labute approximate surface area is 131 Å². The van der Waals surface area contributed by atoms with Gasteiger partial charge in [-0.15, -0.1) is 12.4 Å². The number of aromatic nitrogens is 1. The normalized spacial score (nSPS) is 24.7. The van der Waals surface area contributed by atoms with Crippen LogP contribution in [0.25, 0.3) is 0 Å². The van der Waals surface area contributed by atoms with Gasteiger partial charge in [0.25, 0.3) is 0 Å². The fourth-order valence-electron chi connectivity index (χ4n) is 3.60. The molecule has 1 N–H and O–H groups in total. The van der Waals surface area contributed by atoms with E-state index in [0.29, 0.717) is 12.0 Å². The number of nitrogens with zero attached hydrogens (tertiary/aromatic N) is 1. The third kappa shape index (κ3) is 2.41. The Morgan fingerprint density at radius 3 is 2.95 bits per heavy atom. The minimum atomic E-state index is 0. The van der Waals surface area contributed by atoms with Crippen LogP contribution in [0, 0.1) is 5.92 Å². The van der Waals surface area contributed by atoms with Crippen molar-refractivity contribution in [2.75, 3.05) is 7.11 Å². The van der Waals surface area contributed by atoms with Gasteiger partial charge in [0.1, 0.15) is 0 Å². The quantitative estimate of drug-likeness (QED) is 0.943. The van der Waals surface area contributed by atoms with Crippen molar-refractivity contribution in [3.63, 3.8) is 0 Å². The predicted molar refractivity (Wildman–Crippen MR) is 85.0 cm³/mol. The van der Waals surface area contributed by atoms with Crippen LogP contribution in [-0.2, 0) is 13.0 Å².